The lowest BCUT2D eigenvalue weighted by Gasteiger charge is -2.00. The number of aromatic nitrogens is 3. The van der Waals surface area contributed by atoms with E-state index in [1.54, 1.807) is 12.4 Å². The molecule has 106 valence electrons. The van der Waals surface area contributed by atoms with Gasteiger partial charge < -0.3 is 9.52 Å². The Morgan fingerprint density at radius 2 is 1.67 bits per heavy atom. The number of aliphatic hydroxyl groups excluding tert-OH is 1. The Hall–Kier alpha value is -2.18. The van der Waals surface area contributed by atoms with Crippen LogP contribution in [0.3, 0.4) is 0 Å². The summed E-state index contributed by atoms with van der Waals surface area (Å²) >= 11 is 1.48. The minimum atomic E-state index is 0.0619. The molecule has 0 unspecified atom stereocenters. The molecule has 3 aromatic rings. The van der Waals surface area contributed by atoms with E-state index in [2.05, 4.69) is 15.2 Å². The van der Waals surface area contributed by atoms with Crippen LogP contribution < -0.4 is 0 Å². The second kappa shape index (κ2) is 6.51. The van der Waals surface area contributed by atoms with Gasteiger partial charge in [0.2, 0.25) is 5.89 Å². The summed E-state index contributed by atoms with van der Waals surface area (Å²) in [5.41, 5.74) is 2.90. The maximum absolute atomic E-state index is 9.00. The normalized spacial score (nSPS) is 10.7. The summed E-state index contributed by atoms with van der Waals surface area (Å²) in [5, 5.41) is 17.6. The van der Waals surface area contributed by atoms with Crippen molar-refractivity contribution in [2.24, 2.45) is 0 Å². The van der Waals surface area contributed by atoms with Crippen LogP contribution in [0.2, 0.25) is 0 Å². The lowest BCUT2D eigenvalue weighted by molar-refractivity contribution is 0.282. The Balaban J connectivity index is 1.64. The number of thioether (sulfide) groups is 1. The van der Waals surface area contributed by atoms with E-state index in [1.807, 2.05) is 36.4 Å². The minimum absolute atomic E-state index is 0.0619. The molecule has 0 atom stereocenters. The summed E-state index contributed by atoms with van der Waals surface area (Å²) in [6.07, 6.45) is 3.38. The molecule has 2 heterocycles. The van der Waals surface area contributed by atoms with Crippen LogP contribution in [0.25, 0.3) is 11.5 Å². The molecule has 0 radical (unpaired) electrons. The maximum atomic E-state index is 9.00. The molecule has 0 amide bonds. The zero-order valence-electron chi connectivity index (χ0n) is 11.1. The summed E-state index contributed by atoms with van der Waals surface area (Å²) in [4.78, 5) is 3.95. The van der Waals surface area contributed by atoms with E-state index in [0.717, 1.165) is 22.4 Å². The van der Waals surface area contributed by atoms with Crippen molar-refractivity contribution in [2.75, 3.05) is 0 Å². The predicted molar refractivity (Wildman–Crippen MR) is 79.5 cm³/mol. The number of aliphatic hydroxyl groups is 1. The van der Waals surface area contributed by atoms with Gasteiger partial charge in [0.05, 0.1) is 6.61 Å². The van der Waals surface area contributed by atoms with Gasteiger partial charge in [0, 0.05) is 23.7 Å². The van der Waals surface area contributed by atoms with Crippen LogP contribution in [0.5, 0.6) is 0 Å². The molecular weight excluding hydrogens is 286 g/mol. The summed E-state index contributed by atoms with van der Waals surface area (Å²) < 4.78 is 5.61. The molecule has 0 spiro atoms. The summed E-state index contributed by atoms with van der Waals surface area (Å²) in [7, 11) is 0. The molecule has 21 heavy (non-hydrogen) atoms. The molecule has 0 fully saturated rings. The first-order valence-electron chi connectivity index (χ1n) is 6.40. The predicted octanol–water partition coefficient (Wildman–Crippen LogP) is 2.92. The highest BCUT2D eigenvalue weighted by atomic mass is 32.2. The highest BCUT2D eigenvalue weighted by Crippen LogP contribution is 2.25. The minimum Gasteiger partial charge on any atom is -0.411 e. The average molecular weight is 299 g/mol. The van der Waals surface area contributed by atoms with Crippen molar-refractivity contribution in [2.45, 2.75) is 17.6 Å². The van der Waals surface area contributed by atoms with Gasteiger partial charge >= 0.3 is 0 Å². The number of nitrogens with zero attached hydrogens (tertiary/aromatic N) is 3. The van der Waals surface area contributed by atoms with E-state index in [4.69, 9.17) is 9.52 Å². The Kier molecular flexibility index (Phi) is 4.28. The number of hydrogen-bond acceptors (Lipinski definition) is 6. The van der Waals surface area contributed by atoms with Gasteiger partial charge in [-0.25, -0.2) is 0 Å². The third-order valence-electron chi connectivity index (χ3n) is 2.90. The van der Waals surface area contributed by atoms with Crippen molar-refractivity contribution >= 4 is 11.8 Å². The largest absolute Gasteiger partial charge is 0.411 e. The first kappa shape index (κ1) is 13.8. The molecule has 2 aromatic heterocycles. The number of hydrogen-bond donors (Lipinski definition) is 1. The molecule has 0 bridgehead atoms. The van der Waals surface area contributed by atoms with Crippen LogP contribution in [0.4, 0.5) is 0 Å². The van der Waals surface area contributed by atoms with Gasteiger partial charge in [-0.15, -0.1) is 10.2 Å². The third-order valence-corrected chi connectivity index (χ3v) is 3.79. The van der Waals surface area contributed by atoms with Crippen LogP contribution in [0, 0.1) is 0 Å². The number of pyridine rings is 1. The zero-order valence-corrected chi connectivity index (χ0v) is 12.0. The fourth-order valence-electron chi connectivity index (χ4n) is 1.77. The highest BCUT2D eigenvalue weighted by molar-refractivity contribution is 7.98. The number of rotatable bonds is 5. The maximum Gasteiger partial charge on any atom is 0.277 e. The smallest absolute Gasteiger partial charge is 0.277 e. The van der Waals surface area contributed by atoms with Gasteiger partial charge in [-0.2, -0.15) is 0 Å². The second-order valence-corrected chi connectivity index (χ2v) is 5.30. The summed E-state index contributed by atoms with van der Waals surface area (Å²) in [5.74, 6) is 1.24. The molecule has 3 rings (SSSR count). The standard InChI is InChI=1S/C15H13N3O2S/c19-9-11-1-3-12(4-2-11)10-21-15-18-17-14(20-15)13-5-7-16-8-6-13/h1-8,19H,9-10H2. The molecule has 0 aliphatic rings. The van der Waals surface area contributed by atoms with Crippen molar-refractivity contribution in [3.05, 3.63) is 59.9 Å². The first-order chi connectivity index (χ1) is 10.3. The molecular formula is C15H13N3O2S. The molecule has 5 nitrogen and oxygen atoms in total. The molecule has 0 aliphatic heterocycles. The van der Waals surface area contributed by atoms with Crippen molar-refractivity contribution in [3.63, 3.8) is 0 Å². The monoisotopic (exact) mass is 299 g/mol. The van der Waals surface area contributed by atoms with Gasteiger partial charge in [-0.1, -0.05) is 36.0 Å². The lowest BCUT2D eigenvalue weighted by Crippen LogP contribution is -1.85. The number of benzene rings is 1. The van der Waals surface area contributed by atoms with Crippen molar-refractivity contribution < 1.29 is 9.52 Å². The topological polar surface area (TPSA) is 72.0 Å². The molecule has 1 N–H and O–H groups in total. The third kappa shape index (κ3) is 3.48. The van der Waals surface area contributed by atoms with Crippen LogP contribution >= 0.6 is 11.8 Å². The van der Waals surface area contributed by atoms with Gasteiger partial charge in [-0.3, -0.25) is 4.98 Å². The highest BCUT2D eigenvalue weighted by Gasteiger charge is 2.08. The fourth-order valence-corrected chi connectivity index (χ4v) is 2.48. The second-order valence-electron chi connectivity index (χ2n) is 4.37. The Morgan fingerprint density at radius 3 is 2.38 bits per heavy atom. The average Bonchev–Trinajstić information content (AvgIpc) is 3.03. The van der Waals surface area contributed by atoms with Gasteiger partial charge in [0.1, 0.15) is 0 Å². The molecule has 1 aromatic carbocycles. The molecule has 0 saturated heterocycles. The zero-order chi connectivity index (χ0) is 14.5. The van der Waals surface area contributed by atoms with Crippen molar-refractivity contribution in [3.8, 4) is 11.5 Å². The van der Waals surface area contributed by atoms with Gasteiger partial charge in [-0.05, 0) is 23.3 Å². The Labute approximate surface area is 126 Å². The molecule has 0 saturated carbocycles. The fraction of sp³-hybridized carbons (Fsp3) is 0.133. The van der Waals surface area contributed by atoms with E-state index >= 15 is 0 Å². The van der Waals surface area contributed by atoms with E-state index in [1.165, 1.54) is 11.8 Å². The Bertz CT molecular complexity index is 698. The molecule has 0 aliphatic carbocycles. The summed E-state index contributed by atoms with van der Waals surface area (Å²) in [6, 6.07) is 11.4. The van der Waals surface area contributed by atoms with Crippen molar-refractivity contribution in [1.82, 2.24) is 15.2 Å². The lowest BCUT2D eigenvalue weighted by atomic mass is 10.2. The van der Waals surface area contributed by atoms with Crippen LogP contribution in [-0.2, 0) is 12.4 Å². The van der Waals surface area contributed by atoms with Crippen molar-refractivity contribution in [1.29, 1.82) is 0 Å². The van der Waals surface area contributed by atoms with Crippen LogP contribution in [0.1, 0.15) is 11.1 Å². The Morgan fingerprint density at radius 1 is 0.952 bits per heavy atom. The van der Waals surface area contributed by atoms with Crippen LogP contribution in [-0.4, -0.2) is 20.3 Å². The van der Waals surface area contributed by atoms with Crippen LogP contribution in [0.15, 0.2) is 58.4 Å². The summed E-state index contributed by atoms with van der Waals surface area (Å²) in [6.45, 7) is 0.0619. The SMILES string of the molecule is OCc1ccc(CSc2nnc(-c3ccncc3)o2)cc1. The quantitative estimate of drug-likeness (QED) is 0.730. The van der Waals surface area contributed by atoms with E-state index < -0.39 is 0 Å². The van der Waals surface area contributed by atoms with E-state index in [9.17, 15) is 0 Å². The van der Waals surface area contributed by atoms with Gasteiger partial charge in [0.25, 0.3) is 5.22 Å². The molecule has 6 heteroatoms. The van der Waals surface area contributed by atoms with Gasteiger partial charge in [0.15, 0.2) is 0 Å². The van der Waals surface area contributed by atoms with E-state index in [0.29, 0.717) is 11.1 Å². The van der Waals surface area contributed by atoms with E-state index in [-0.39, 0.29) is 6.61 Å². The first-order valence-corrected chi connectivity index (χ1v) is 7.39.